The second-order valence-electron chi connectivity index (χ2n) is 5.99. The van der Waals surface area contributed by atoms with Gasteiger partial charge in [-0.2, -0.15) is 0 Å². The lowest BCUT2D eigenvalue weighted by molar-refractivity contribution is -0.139. The number of carbonyl (C=O) groups is 1. The third-order valence-corrected chi connectivity index (χ3v) is 4.08. The van der Waals surface area contributed by atoms with Gasteiger partial charge < -0.3 is 9.15 Å². The minimum Gasteiger partial charge on any atom is -0.453 e. The Morgan fingerprint density at radius 1 is 1.07 bits per heavy atom. The van der Waals surface area contributed by atoms with E-state index in [0.717, 1.165) is 16.5 Å². The predicted molar refractivity (Wildman–Crippen MR) is 102 cm³/mol. The molecule has 0 unspecified atom stereocenters. The Morgan fingerprint density at radius 2 is 1.89 bits per heavy atom. The number of carbonyl (C=O) groups excluding carboxylic acids is 1. The van der Waals surface area contributed by atoms with Crippen molar-refractivity contribution < 1.29 is 18.3 Å². The van der Waals surface area contributed by atoms with Crippen LogP contribution >= 0.6 is 0 Å². The van der Waals surface area contributed by atoms with E-state index in [2.05, 4.69) is 9.97 Å². The third-order valence-electron chi connectivity index (χ3n) is 4.08. The maximum atomic E-state index is 13.0. The predicted octanol–water partition coefficient (Wildman–Crippen LogP) is 4.79. The second-order valence-corrected chi connectivity index (χ2v) is 5.99. The van der Waals surface area contributed by atoms with Crippen LogP contribution in [-0.4, -0.2) is 15.9 Å². The molecule has 5 nitrogen and oxygen atoms in total. The number of hydrogen-bond donors (Lipinski definition) is 0. The zero-order valence-electron chi connectivity index (χ0n) is 14.7. The molecule has 0 amide bonds. The minimum atomic E-state index is -0.519. The Kier molecular flexibility index (Phi) is 4.93. The van der Waals surface area contributed by atoms with Gasteiger partial charge in [0.2, 0.25) is 5.89 Å². The minimum absolute atomic E-state index is 0.0991. The van der Waals surface area contributed by atoms with Gasteiger partial charge in [-0.3, -0.25) is 4.98 Å². The molecule has 28 heavy (non-hydrogen) atoms. The molecule has 2 heterocycles. The van der Waals surface area contributed by atoms with E-state index in [-0.39, 0.29) is 18.3 Å². The molecule has 0 saturated heterocycles. The molecule has 0 spiro atoms. The van der Waals surface area contributed by atoms with E-state index < -0.39 is 5.97 Å². The van der Waals surface area contributed by atoms with Crippen LogP contribution in [0, 0.1) is 5.82 Å². The molecule has 6 heteroatoms. The number of pyridine rings is 1. The lowest BCUT2D eigenvalue weighted by Crippen LogP contribution is -2.00. The molecule has 0 fully saturated rings. The van der Waals surface area contributed by atoms with Crippen molar-refractivity contribution in [2.24, 2.45) is 0 Å². The fourth-order valence-corrected chi connectivity index (χ4v) is 2.73. The van der Waals surface area contributed by atoms with Crippen LogP contribution in [-0.2, 0) is 16.1 Å². The Labute approximate surface area is 160 Å². The first-order chi connectivity index (χ1) is 13.7. The number of fused-ring (bicyclic) bond motifs is 1. The van der Waals surface area contributed by atoms with Gasteiger partial charge in [0, 0.05) is 28.8 Å². The number of para-hydroxylation sites is 1. The molecule has 0 radical (unpaired) electrons. The van der Waals surface area contributed by atoms with Gasteiger partial charge in [-0.1, -0.05) is 24.3 Å². The van der Waals surface area contributed by atoms with Gasteiger partial charge in [0.25, 0.3) is 0 Å². The Hall–Kier alpha value is -3.80. The van der Waals surface area contributed by atoms with Crippen LogP contribution in [0.4, 0.5) is 4.39 Å². The van der Waals surface area contributed by atoms with Gasteiger partial charge in [-0.25, -0.2) is 14.2 Å². The van der Waals surface area contributed by atoms with Crippen LogP contribution in [0.2, 0.25) is 0 Å². The number of benzene rings is 2. The number of aromatic nitrogens is 2. The van der Waals surface area contributed by atoms with E-state index >= 15 is 0 Å². The molecule has 2 aromatic heterocycles. The zero-order valence-corrected chi connectivity index (χ0v) is 14.7. The summed E-state index contributed by atoms with van der Waals surface area (Å²) in [5.41, 5.74) is 2.32. The summed E-state index contributed by atoms with van der Waals surface area (Å²) in [7, 11) is 0. The number of oxazole rings is 1. The molecule has 0 aliphatic rings. The quantitative estimate of drug-likeness (QED) is 0.371. The summed E-state index contributed by atoms with van der Waals surface area (Å²) in [5.74, 6) is -0.114. The molecule has 2 aromatic carbocycles. The SMILES string of the molecule is O=C(/C=C\c1cccc2cccnc12)OCc1ncc(-c2ccc(F)cc2)o1. The fraction of sp³-hybridized carbons (Fsp3) is 0.0455. The van der Waals surface area contributed by atoms with Crippen molar-refractivity contribution >= 4 is 22.9 Å². The van der Waals surface area contributed by atoms with E-state index in [0.29, 0.717) is 11.3 Å². The maximum Gasteiger partial charge on any atom is 0.331 e. The first-order valence-corrected chi connectivity index (χ1v) is 8.58. The topological polar surface area (TPSA) is 65.2 Å². The van der Waals surface area contributed by atoms with Crippen molar-refractivity contribution in [3.05, 3.63) is 90.3 Å². The smallest absolute Gasteiger partial charge is 0.331 e. The molecule has 0 saturated carbocycles. The van der Waals surface area contributed by atoms with Crippen LogP contribution in [0.25, 0.3) is 28.3 Å². The zero-order chi connectivity index (χ0) is 19.3. The summed E-state index contributed by atoms with van der Waals surface area (Å²) in [4.78, 5) is 20.4. The average molecular weight is 374 g/mol. The van der Waals surface area contributed by atoms with Gasteiger partial charge in [-0.05, 0) is 36.4 Å². The van der Waals surface area contributed by atoms with E-state index in [1.54, 1.807) is 24.4 Å². The molecule has 4 rings (SSSR count). The number of ether oxygens (including phenoxy) is 1. The van der Waals surface area contributed by atoms with Crippen LogP contribution in [0.1, 0.15) is 11.5 Å². The largest absolute Gasteiger partial charge is 0.453 e. The van der Waals surface area contributed by atoms with Crippen molar-refractivity contribution in [1.29, 1.82) is 0 Å². The summed E-state index contributed by atoms with van der Waals surface area (Å²) in [5, 5.41) is 0.992. The molecule has 4 aromatic rings. The highest BCUT2D eigenvalue weighted by atomic mass is 19.1. The normalized spacial score (nSPS) is 11.2. The van der Waals surface area contributed by atoms with E-state index in [1.807, 2.05) is 30.3 Å². The van der Waals surface area contributed by atoms with Crippen molar-refractivity contribution in [2.45, 2.75) is 6.61 Å². The van der Waals surface area contributed by atoms with E-state index in [1.165, 1.54) is 24.4 Å². The molecule has 0 bridgehead atoms. The highest BCUT2D eigenvalue weighted by molar-refractivity contribution is 5.92. The summed E-state index contributed by atoms with van der Waals surface area (Å²) >= 11 is 0. The fourth-order valence-electron chi connectivity index (χ4n) is 2.73. The number of halogens is 1. The second kappa shape index (κ2) is 7.84. The van der Waals surface area contributed by atoms with Crippen LogP contribution in [0.5, 0.6) is 0 Å². The standard InChI is InChI=1S/C22H15FN2O3/c23-18-9-6-15(7-10-18)19-13-25-20(28-19)14-27-21(26)11-8-17-4-1-3-16-5-2-12-24-22(16)17/h1-13H,14H2/b11-8-. The molecule has 0 atom stereocenters. The lowest BCUT2D eigenvalue weighted by atomic mass is 10.1. The lowest BCUT2D eigenvalue weighted by Gasteiger charge is -2.01. The van der Waals surface area contributed by atoms with E-state index in [4.69, 9.17) is 9.15 Å². The molecule has 0 N–H and O–H groups in total. The summed E-state index contributed by atoms with van der Waals surface area (Å²) < 4.78 is 23.7. The van der Waals surface area contributed by atoms with Gasteiger partial charge in [0.1, 0.15) is 5.82 Å². The van der Waals surface area contributed by atoms with Crippen LogP contribution in [0.15, 0.2) is 77.5 Å². The highest BCUT2D eigenvalue weighted by Crippen LogP contribution is 2.21. The van der Waals surface area contributed by atoms with Crippen molar-refractivity contribution in [3.63, 3.8) is 0 Å². The first-order valence-electron chi connectivity index (χ1n) is 8.58. The molecular weight excluding hydrogens is 359 g/mol. The van der Waals surface area contributed by atoms with Crippen molar-refractivity contribution in [1.82, 2.24) is 9.97 Å². The van der Waals surface area contributed by atoms with Gasteiger partial charge in [0.05, 0.1) is 11.7 Å². The number of rotatable bonds is 5. The Balaban J connectivity index is 1.39. The molecule has 0 aliphatic carbocycles. The Bertz CT molecular complexity index is 1140. The molecular formula is C22H15FN2O3. The maximum absolute atomic E-state index is 13.0. The first kappa shape index (κ1) is 17.6. The van der Waals surface area contributed by atoms with Gasteiger partial charge in [-0.15, -0.1) is 0 Å². The number of esters is 1. The van der Waals surface area contributed by atoms with Gasteiger partial charge >= 0.3 is 5.97 Å². The molecule has 0 aliphatic heterocycles. The number of nitrogens with zero attached hydrogens (tertiary/aromatic N) is 2. The van der Waals surface area contributed by atoms with Crippen molar-refractivity contribution in [3.8, 4) is 11.3 Å². The summed E-state index contributed by atoms with van der Waals surface area (Å²) in [6.45, 7) is -0.0991. The van der Waals surface area contributed by atoms with E-state index in [9.17, 15) is 9.18 Å². The highest BCUT2D eigenvalue weighted by Gasteiger charge is 2.08. The third kappa shape index (κ3) is 3.96. The molecule has 138 valence electrons. The van der Waals surface area contributed by atoms with Gasteiger partial charge in [0.15, 0.2) is 12.4 Å². The summed E-state index contributed by atoms with van der Waals surface area (Å²) in [6, 6.07) is 15.4. The number of hydrogen-bond acceptors (Lipinski definition) is 5. The Morgan fingerprint density at radius 3 is 2.75 bits per heavy atom. The van der Waals surface area contributed by atoms with Crippen molar-refractivity contribution in [2.75, 3.05) is 0 Å². The van der Waals surface area contributed by atoms with Crippen LogP contribution in [0.3, 0.4) is 0 Å². The average Bonchev–Trinajstić information content (AvgIpc) is 3.20. The summed E-state index contributed by atoms with van der Waals surface area (Å²) in [6.07, 6.45) is 6.22. The van der Waals surface area contributed by atoms with Crippen LogP contribution < -0.4 is 0 Å². The monoisotopic (exact) mass is 374 g/mol.